The summed E-state index contributed by atoms with van der Waals surface area (Å²) in [5.74, 6) is 0.327. The van der Waals surface area contributed by atoms with Gasteiger partial charge in [-0.05, 0) is 6.07 Å². The van der Waals surface area contributed by atoms with Gasteiger partial charge < -0.3 is 16.8 Å². The third-order valence-electron chi connectivity index (χ3n) is 2.58. The number of nitrogens with two attached hydrogens (primary N) is 2. The molecular formula is C11H15FN4. The molecule has 4 nitrogen and oxygen atoms in total. The molecule has 0 aromatic heterocycles. The second kappa shape index (κ2) is 4.40. The Balaban J connectivity index is 2.05. The molecule has 1 aromatic carbocycles. The van der Waals surface area contributed by atoms with Crippen LogP contribution in [0.1, 0.15) is 5.56 Å². The normalized spacial score (nSPS) is 17.3. The van der Waals surface area contributed by atoms with Crippen LogP contribution >= 0.6 is 0 Å². The summed E-state index contributed by atoms with van der Waals surface area (Å²) in [6.45, 7) is 1.67. The van der Waals surface area contributed by atoms with Crippen LogP contribution in [0, 0.1) is 5.82 Å². The molecule has 1 aliphatic rings. The summed E-state index contributed by atoms with van der Waals surface area (Å²) < 4.78 is 13.4. The SMILES string of the molecule is NC1=C(N)NCN(Cc2ccccc2F)C1. The molecule has 5 heteroatoms. The summed E-state index contributed by atoms with van der Waals surface area (Å²) >= 11 is 0. The lowest BCUT2D eigenvalue weighted by Gasteiger charge is -2.28. The average molecular weight is 222 g/mol. The molecule has 0 amide bonds. The van der Waals surface area contributed by atoms with Gasteiger partial charge in [0.25, 0.3) is 0 Å². The lowest BCUT2D eigenvalue weighted by molar-refractivity contribution is 0.252. The fourth-order valence-electron chi connectivity index (χ4n) is 1.67. The molecule has 0 unspecified atom stereocenters. The fraction of sp³-hybridized carbons (Fsp3) is 0.273. The predicted molar refractivity (Wildman–Crippen MR) is 60.2 cm³/mol. The van der Waals surface area contributed by atoms with E-state index in [4.69, 9.17) is 11.5 Å². The Labute approximate surface area is 93.7 Å². The van der Waals surface area contributed by atoms with Crippen LogP contribution in [0.4, 0.5) is 4.39 Å². The highest BCUT2D eigenvalue weighted by Gasteiger charge is 2.15. The minimum absolute atomic E-state index is 0.191. The maximum Gasteiger partial charge on any atom is 0.127 e. The first-order chi connectivity index (χ1) is 7.66. The maximum absolute atomic E-state index is 13.4. The van der Waals surface area contributed by atoms with Gasteiger partial charge in [0.15, 0.2) is 0 Å². The van der Waals surface area contributed by atoms with Crippen molar-refractivity contribution >= 4 is 0 Å². The zero-order valence-corrected chi connectivity index (χ0v) is 8.91. The Morgan fingerprint density at radius 2 is 2.06 bits per heavy atom. The zero-order chi connectivity index (χ0) is 11.5. The molecule has 0 spiro atoms. The van der Waals surface area contributed by atoms with Gasteiger partial charge in [-0.2, -0.15) is 0 Å². The van der Waals surface area contributed by atoms with Crippen molar-refractivity contribution in [2.45, 2.75) is 6.54 Å². The number of rotatable bonds is 2. The van der Waals surface area contributed by atoms with Crippen molar-refractivity contribution < 1.29 is 4.39 Å². The highest BCUT2D eigenvalue weighted by molar-refractivity contribution is 5.18. The summed E-state index contributed by atoms with van der Waals surface area (Å²) in [7, 11) is 0. The van der Waals surface area contributed by atoms with Gasteiger partial charge >= 0.3 is 0 Å². The van der Waals surface area contributed by atoms with Crippen LogP contribution in [0.2, 0.25) is 0 Å². The summed E-state index contributed by atoms with van der Waals surface area (Å²) in [6.07, 6.45) is 0. The van der Waals surface area contributed by atoms with E-state index in [2.05, 4.69) is 5.32 Å². The summed E-state index contributed by atoms with van der Waals surface area (Å²) in [4.78, 5) is 1.99. The second-order valence-electron chi connectivity index (χ2n) is 3.85. The Hall–Kier alpha value is -1.75. The third-order valence-corrected chi connectivity index (χ3v) is 2.58. The Morgan fingerprint density at radius 1 is 1.31 bits per heavy atom. The minimum atomic E-state index is -0.191. The van der Waals surface area contributed by atoms with E-state index in [9.17, 15) is 4.39 Å². The van der Waals surface area contributed by atoms with E-state index < -0.39 is 0 Å². The maximum atomic E-state index is 13.4. The van der Waals surface area contributed by atoms with Crippen LogP contribution in [0.25, 0.3) is 0 Å². The van der Waals surface area contributed by atoms with E-state index in [0.29, 0.717) is 36.8 Å². The van der Waals surface area contributed by atoms with Crippen molar-refractivity contribution in [3.8, 4) is 0 Å². The van der Waals surface area contributed by atoms with Crippen LogP contribution in [0.3, 0.4) is 0 Å². The van der Waals surface area contributed by atoms with Crippen molar-refractivity contribution in [1.82, 2.24) is 10.2 Å². The summed E-state index contributed by atoms with van der Waals surface area (Å²) in [6, 6.07) is 6.73. The lowest BCUT2D eigenvalue weighted by atomic mass is 10.2. The molecule has 2 rings (SSSR count). The molecule has 1 aliphatic heterocycles. The minimum Gasteiger partial charge on any atom is -0.398 e. The number of hydrogen-bond acceptors (Lipinski definition) is 4. The molecular weight excluding hydrogens is 207 g/mol. The number of nitrogens with zero attached hydrogens (tertiary/aromatic N) is 1. The standard InChI is InChI=1S/C11H15FN4/c12-9-4-2-1-3-8(9)5-16-6-10(13)11(14)15-7-16/h1-4,15H,5-7,13-14H2. The van der Waals surface area contributed by atoms with Gasteiger partial charge in [0.05, 0.1) is 12.4 Å². The number of hydrogen-bond donors (Lipinski definition) is 3. The van der Waals surface area contributed by atoms with Crippen molar-refractivity contribution in [3.05, 3.63) is 47.2 Å². The first-order valence-electron chi connectivity index (χ1n) is 5.10. The second-order valence-corrected chi connectivity index (χ2v) is 3.85. The monoisotopic (exact) mass is 222 g/mol. The van der Waals surface area contributed by atoms with E-state index >= 15 is 0 Å². The molecule has 0 radical (unpaired) electrons. The van der Waals surface area contributed by atoms with Crippen LogP contribution in [0.15, 0.2) is 35.8 Å². The van der Waals surface area contributed by atoms with Crippen LogP contribution in [-0.2, 0) is 6.54 Å². The largest absolute Gasteiger partial charge is 0.398 e. The third kappa shape index (κ3) is 2.25. The quantitative estimate of drug-likeness (QED) is 0.672. The van der Waals surface area contributed by atoms with Gasteiger partial charge in [0, 0.05) is 18.7 Å². The molecule has 5 N–H and O–H groups in total. The van der Waals surface area contributed by atoms with Crippen molar-refractivity contribution in [2.75, 3.05) is 13.2 Å². The molecule has 86 valence electrons. The lowest BCUT2D eigenvalue weighted by Crippen LogP contribution is -2.44. The zero-order valence-electron chi connectivity index (χ0n) is 8.91. The molecule has 0 saturated heterocycles. The average Bonchev–Trinajstić information content (AvgIpc) is 2.27. The Kier molecular flexibility index (Phi) is 2.96. The van der Waals surface area contributed by atoms with Gasteiger partial charge in [0.2, 0.25) is 0 Å². The number of benzene rings is 1. The van der Waals surface area contributed by atoms with Gasteiger partial charge in [-0.1, -0.05) is 18.2 Å². The van der Waals surface area contributed by atoms with Crippen molar-refractivity contribution in [2.24, 2.45) is 11.5 Å². The smallest absolute Gasteiger partial charge is 0.127 e. The van der Waals surface area contributed by atoms with Crippen LogP contribution in [0.5, 0.6) is 0 Å². The molecule has 1 heterocycles. The summed E-state index contributed by atoms with van der Waals surface area (Å²) in [5.41, 5.74) is 12.6. The fourth-order valence-corrected chi connectivity index (χ4v) is 1.67. The van der Waals surface area contributed by atoms with E-state index in [-0.39, 0.29) is 5.82 Å². The van der Waals surface area contributed by atoms with Crippen molar-refractivity contribution in [3.63, 3.8) is 0 Å². The van der Waals surface area contributed by atoms with Gasteiger partial charge in [-0.3, -0.25) is 4.90 Å². The first kappa shape index (κ1) is 10.8. The Morgan fingerprint density at radius 3 is 2.75 bits per heavy atom. The van der Waals surface area contributed by atoms with Crippen LogP contribution < -0.4 is 16.8 Å². The van der Waals surface area contributed by atoms with E-state index in [1.807, 2.05) is 11.0 Å². The topological polar surface area (TPSA) is 67.3 Å². The first-order valence-corrected chi connectivity index (χ1v) is 5.10. The number of nitrogens with one attached hydrogen (secondary N) is 1. The summed E-state index contributed by atoms with van der Waals surface area (Å²) in [5, 5.41) is 2.96. The van der Waals surface area contributed by atoms with E-state index in [0.717, 1.165) is 0 Å². The predicted octanol–water partition coefficient (Wildman–Crippen LogP) is 0.275. The molecule has 0 saturated carbocycles. The Bertz CT molecular complexity index is 416. The van der Waals surface area contributed by atoms with Gasteiger partial charge in [-0.25, -0.2) is 4.39 Å². The van der Waals surface area contributed by atoms with Crippen LogP contribution in [-0.4, -0.2) is 18.1 Å². The van der Waals surface area contributed by atoms with E-state index in [1.54, 1.807) is 12.1 Å². The van der Waals surface area contributed by atoms with E-state index in [1.165, 1.54) is 6.07 Å². The highest BCUT2D eigenvalue weighted by Crippen LogP contribution is 2.11. The molecule has 0 atom stereocenters. The highest BCUT2D eigenvalue weighted by atomic mass is 19.1. The molecule has 0 bridgehead atoms. The number of halogens is 1. The van der Waals surface area contributed by atoms with Gasteiger partial charge in [-0.15, -0.1) is 0 Å². The van der Waals surface area contributed by atoms with Gasteiger partial charge in [0.1, 0.15) is 11.6 Å². The molecule has 16 heavy (non-hydrogen) atoms. The molecule has 0 fully saturated rings. The molecule has 1 aromatic rings. The van der Waals surface area contributed by atoms with Crippen molar-refractivity contribution in [1.29, 1.82) is 0 Å². The molecule has 0 aliphatic carbocycles.